The van der Waals surface area contributed by atoms with Gasteiger partial charge in [-0.2, -0.15) is 5.10 Å². The summed E-state index contributed by atoms with van der Waals surface area (Å²) in [5.74, 6) is -0.956. The Morgan fingerprint density at radius 1 is 1.37 bits per heavy atom. The topological polar surface area (TPSA) is 71.2 Å². The lowest BCUT2D eigenvalue weighted by Gasteiger charge is -2.27. The van der Waals surface area contributed by atoms with Crippen LogP contribution < -0.4 is 4.90 Å². The lowest BCUT2D eigenvalue weighted by atomic mass is 10.1. The van der Waals surface area contributed by atoms with Gasteiger partial charge in [0.1, 0.15) is 5.56 Å². The number of hydrogen-bond acceptors (Lipinski definition) is 4. The van der Waals surface area contributed by atoms with Crippen LogP contribution >= 0.6 is 0 Å². The highest BCUT2D eigenvalue weighted by Gasteiger charge is 2.21. The summed E-state index contributed by atoms with van der Waals surface area (Å²) in [5.41, 5.74) is 1.65. The van der Waals surface area contributed by atoms with Crippen LogP contribution in [-0.2, 0) is 7.05 Å². The molecule has 1 aliphatic rings. The number of anilines is 1. The quantitative estimate of drug-likeness (QED) is 0.825. The van der Waals surface area contributed by atoms with Gasteiger partial charge in [0.15, 0.2) is 5.65 Å². The Kier molecular flexibility index (Phi) is 2.70. The van der Waals surface area contributed by atoms with Crippen LogP contribution in [0.1, 0.15) is 16.8 Å². The largest absolute Gasteiger partial charge is 0.478 e. The fraction of sp³-hybridized carbons (Fsp3) is 0.308. The van der Waals surface area contributed by atoms with E-state index in [0.717, 1.165) is 24.0 Å². The number of carboxylic acid groups (broad SMARTS) is 1. The normalized spacial score (nSPS) is 15.1. The molecule has 6 nitrogen and oxygen atoms in total. The first kappa shape index (κ1) is 11.7. The van der Waals surface area contributed by atoms with Gasteiger partial charge in [0, 0.05) is 26.3 Å². The van der Waals surface area contributed by atoms with E-state index in [9.17, 15) is 9.90 Å². The zero-order valence-corrected chi connectivity index (χ0v) is 10.6. The summed E-state index contributed by atoms with van der Waals surface area (Å²) in [6, 6.07) is 0. The predicted octanol–water partition coefficient (Wildman–Crippen LogP) is 1.43. The molecule has 0 unspecified atom stereocenters. The second-order valence-corrected chi connectivity index (χ2v) is 4.54. The van der Waals surface area contributed by atoms with E-state index in [0.29, 0.717) is 12.2 Å². The molecular formula is C13H14N4O2. The molecule has 6 heteroatoms. The van der Waals surface area contributed by atoms with E-state index >= 15 is 0 Å². The second-order valence-electron chi connectivity index (χ2n) is 4.54. The zero-order chi connectivity index (χ0) is 13.4. The first-order chi connectivity index (χ1) is 9.18. The molecule has 0 aliphatic carbocycles. The number of aryl methyl sites for hydroxylation is 1. The molecule has 0 amide bonds. The Balaban J connectivity index is 2.25. The van der Waals surface area contributed by atoms with Gasteiger partial charge in [-0.15, -0.1) is 0 Å². The maximum absolute atomic E-state index is 11.4. The van der Waals surface area contributed by atoms with E-state index < -0.39 is 5.97 Å². The second kappa shape index (κ2) is 4.38. The summed E-state index contributed by atoms with van der Waals surface area (Å²) in [5, 5.41) is 14.3. The van der Waals surface area contributed by atoms with Crippen molar-refractivity contribution in [1.29, 1.82) is 0 Å². The number of aromatic nitrogens is 3. The molecule has 0 radical (unpaired) electrons. The number of fused-ring (bicyclic) bond motifs is 1. The first-order valence-corrected chi connectivity index (χ1v) is 6.12. The highest BCUT2D eigenvalue weighted by atomic mass is 16.4. The first-order valence-electron chi connectivity index (χ1n) is 6.12. The maximum Gasteiger partial charge on any atom is 0.339 e. The van der Waals surface area contributed by atoms with Gasteiger partial charge in [-0.25, -0.2) is 9.78 Å². The Morgan fingerprint density at radius 2 is 2.21 bits per heavy atom. The third-order valence-corrected chi connectivity index (χ3v) is 3.34. The van der Waals surface area contributed by atoms with E-state index in [1.807, 2.05) is 0 Å². The molecule has 0 saturated heterocycles. The van der Waals surface area contributed by atoms with Crippen molar-refractivity contribution in [3.05, 3.63) is 30.1 Å². The van der Waals surface area contributed by atoms with Gasteiger partial charge in [0.2, 0.25) is 0 Å². The molecule has 0 atom stereocenters. The van der Waals surface area contributed by atoms with E-state index in [1.165, 1.54) is 6.20 Å². The molecule has 98 valence electrons. The van der Waals surface area contributed by atoms with E-state index in [4.69, 9.17) is 0 Å². The third-order valence-electron chi connectivity index (χ3n) is 3.34. The number of carboxylic acids is 1. The van der Waals surface area contributed by atoms with Crippen LogP contribution in [0.2, 0.25) is 0 Å². The monoisotopic (exact) mass is 258 g/mol. The summed E-state index contributed by atoms with van der Waals surface area (Å²) in [7, 11) is 1.80. The number of carbonyl (C=O) groups is 1. The van der Waals surface area contributed by atoms with Crippen molar-refractivity contribution in [3.8, 4) is 0 Å². The highest BCUT2D eigenvalue weighted by Crippen LogP contribution is 2.30. The average Bonchev–Trinajstić information content (AvgIpc) is 2.80. The van der Waals surface area contributed by atoms with Crippen molar-refractivity contribution >= 4 is 22.7 Å². The van der Waals surface area contributed by atoms with Crippen molar-refractivity contribution in [2.24, 2.45) is 7.05 Å². The summed E-state index contributed by atoms with van der Waals surface area (Å²) in [6.07, 6.45) is 8.18. The van der Waals surface area contributed by atoms with Gasteiger partial charge < -0.3 is 10.0 Å². The summed E-state index contributed by atoms with van der Waals surface area (Å²) < 4.78 is 1.66. The molecule has 0 aromatic carbocycles. The molecule has 2 aromatic rings. The lowest BCUT2D eigenvalue weighted by Crippen LogP contribution is -2.28. The van der Waals surface area contributed by atoms with Crippen molar-refractivity contribution in [2.75, 3.05) is 18.0 Å². The zero-order valence-electron chi connectivity index (χ0n) is 10.6. The van der Waals surface area contributed by atoms with Crippen LogP contribution in [0, 0.1) is 0 Å². The molecule has 3 heterocycles. The van der Waals surface area contributed by atoms with Gasteiger partial charge in [-0.1, -0.05) is 12.2 Å². The van der Waals surface area contributed by atoms with Crippen LogP contribution in [0.25, 0.3) is 11.0 Å². The van der Waals surface area contributed by atoms with Crippen molar-refractivity contribution in [1.82, 2.24) is 14.8 Å². The van der Waals surface area contributed by atoms with Gasteiger partial charge in [0.05, 0.1) is 17.3 Å². The van der Waals surface area contributed by atoms with Gasteiger partial charge in [-0.05, 0) is 6.42 Å². The molecule has 0 saturated carbocycles. The van der Waals surface area contributed by atoms with E-state index in [-0.39, 0.29) is 5.56 Å². The third kappa shape index (κ3) is 1.85. The fourth-order valence-corrected chi connectivity index (χ4v) is 2.42. The van der Waals surface area contributed by atoms with Crippen molar-refractivity contribution in [2.45, 2.75) is 6.42 Å². The van der Waals surface area contributed by atoms with E-state index in [1.54, 1.807) is 17.9 Å². The number of aromatic carboxylic acids is 1. The summed E-state index contributed by atoms with van der Waals surface area (Å²) >= 11 is 0. The van der Waals surface area contributed by atoms with Crippen molar-refractivity contribution in [3.63, 3.8) is 0 Å². The molecule has 0 spiro atoms. The van der Waals surface area contributed by atoms with E-state index in [2.05, 4.69) is 27.1 Å². The standard InChI is InChI=1S/C13H14N4O2/c1-16-12-9(8-15-16)11(10(7-14-12)13(18)19)17-5-3-2-4-6-17/h2-3,7-8H,4-6H2,1H3,(H,18,19). The molecule has 3 rings (SSSR count). The summed E-state index contributed by atoms with van der Waals surface area (Å²) in [4.78, 5) is 17.7. The Morgan fingerprint density at radius 3 is 2.89 bits per heavy atom. The van der Waals surface area contributed by atoms with Crippen LogP contribution in [0.15, 0.2) is 24.5 Å². The average molecular weight is 258 g/mol. The number of hydrogen-bond donors (Lipinski definition) is 1. The predicted molar refractivity (Wildman–Crippen MR) is 71.4 cm³/mol. The van der Waals surface area contributed by atoms with Crippen LogP contribution in [0.5, 0.6) is 0 Å². The minimum Gasteiger partial charge on any atom is -0.478 e. The number of rotatable bonds is 2. The Bertz CT molecular complexity index is 675. The number of nitrogens with zero attached hydrogens (tertiary/aromatic N) is 4. The highest BCUT2D eigenvalue weighted by molar-refractivity contribution is 6.03. The smallest absolute Gasteiger partial charge is 0.339 e. The summed E-state index contributed by atoms with van der Waals surface area (Å²) in [6.45, 7) is 1.53. The van der Waals surface area contributed by atoms with Gasteiger partial charge >= 0.3 is 5.97 Å². The molecule has 2 aromatic heterocycles. The fourth-order valence-electron chi connectivity index (χ4n) is 2.42. The molecule has 19 heavy (non-hydrogen) atoms. The van der Waals surface area contributed by atoms with Gasteiger partial charge in [0.25, 0.3) is 0 Å². The molecule has 1 aliphatic heterocycles. The molecule has 0 bridgehead atoms. The minimum absolute atomic E-state index is 0.232. The number of pyridine rings is 1. The van der Waals surface area contributed by atoms with Gasteiger partial charge in [-0.3, -0.25) is 4.68 Å². The van der Waals surface area contributed by atoms with Crippen molar-refractivity contribution < 1.29 is 9.90 Å². The molecule has 1 N–H and O–H groups in total. The van der Waals surface area contributed by atoms with Crippen LogP contribution in [0.3, 0.4) is 0 Å². The minimum atomic E-state index is -0.956. The molecule has 0 fully saturated rings. The Hall–Kier alpha value is -2.37. The molecular weight excluding hydrogens is 244 g/mol. The lowest BCUT2D eigenvalue weighted by molar-refractivity contribution is 0.0697. The van der Waals surface area contributed by atoms with Crippen LogP contribution in [0.4, 0.5) is 5.69 Å². The van der Waals surface area contributed by atoms with Crippen LogP contribution in [-0.4, -0.2) is 38.9 Å². The maximum atomic E-state index is 11.4. The Labute approximate surface area is 110 Å². The SMILES string of the molecule is Cn1ncc2c(N3CC=CCC3)c(C(=O)O)cnc21.